The van der Waals surface area contributed by atoms with Crippen LogP contribution in [-0.2, 0) is 16.0 Å². The van der Waals surface area contributed by atoms with Crippen molar-refractivity contribution in [2.45, 2.75) is 26.3 Å². The molecule has 0 aliphatic rings. The highest BCUT2D eigenvalue weighted by Gasteiger charge is 2.15. The summed E-state index contributed by atoms with van der Waals surface area (Å²) < 4.78 is 18.0. The number of esters is 1. The van der Waals surface area contributed by atoms with Crippen molar-refractivity contribution in [2.75, 3.05) is 13.7 Å². The third-order valence-corrected chi connectivity index (χ3v) is 3.63. The number of hydrogen-bond acceptors (Lipinski definition) is 3. The van der Waals surface area contributed by atoms with Crippen LogP contribution in [-0.4, -0.2) is 30.6 Å². The Morgan fingerprint density at radius 3 is 2.90 bits per heavy atom. The lowest BCUT2D eigenvalue weighted by Gasteiger charge is -2.16. The maximum Gasteiger partial charge on any atom is 0.309 e. The molecule has 2 unspecified atom stereocenters. The number of H-pyrrole nitrogens is 1. The highest BCUT2D eigenvalue weighted by molar-refractivity contribution is 5.83. The van der Waals surface area contributed by atoms with Crippen LogP contribution < -0.4 is 5.32 Å². The molecule has 1 aromatic heterocycles. The van der Waals surface area contributed by atoms with Crippen LogP contribution in [0.3, 0.4) is 0 Å². The number of benzene rings is 1. The van der Waals surface area contributed by atoms with E-state index in [1.165, 1.54) is 13.2 Å². The summed E-state index contributed by atoms with van der Waals surface area (Å²) in [5.74, 6) is -0.634. The molecule has 5 heteroatoms. The SMILES string of the molecule is COC(=O)C(C)CNC(C)Cc1c[nH]c2ccc(F)cc12. The average molecular weight is 292 g/mol. The normalized spacial score (nSPS) is 14.1. The van der Waals surface area contributed by atoms with Crippen LogP contribution in [0.1, 0.15) is 19.4 Å². The molecule has 0 saturated carbocycles. The molecule has 2 N–H and O–H groups in total. The molecule has 0 saturated heterocycles. The van der Waals surface area contributed by atoms with E-state index in [2.05, 4.69) is 10.3 Å². The Labute approximate surface area is 123 Å². The first kappa shape index (κ1) is 15.5. The summed E-state index contributed by atoms with van der Waals surface area (Å²) in [4.78, 5) is 14.5. The molecule has 21 heavy (non-hydrogen) atoms. The number of fused-ring (bicyclic) bond motifs is 1. The minimum Gasteiger partial charge on any atom is -0.469 e. The fourth-order valence-electron chi connectivity index (χ4n) is 2.38. The lowest BCUT2D eigenvalue weighted by Crippen LogP contribution is -2.34. The predicted octanol–water partition coefficient (Wildman–Crippen LogP) is 2.64. The van der Waals surface area contributed by atoms with Crippen LogP contribution in [0, 0.1) is 11.7 Å². The fraction of sp³-hybridized carbons (Fsp3) is 0.438. The number of halogens is 1. The lowest BCUT2D eigenvalue weighted by molar-refractivity contribution is -0.144. The Kier molecular flexibility index (Phi) is 4.96. The second kappa shape index (κ2) is 6.72. The summed E-state index contributed by atoms with van der Waals surface area (Å²) in [6.45, 7) is 4.43. The Hall–Kier alpha value is -1.88. The van der Waals surface area contributed by atoms with Crippen LogP contribution >= 0.6 is 0 Å². The molecule has 2 aromatic rings. The third-order valence-electron chi connectivity index (χ3n) is 3.63. The minimum atomic E-state index is -0.233. The van der Waals surface area contributed by atoms with Gasteiger partial charge >= 0.3 is 5.97 Å². The first-order valence-corrected chi connectivity index (χ1v) is 7.08. The van der Waals surface area contributed by atoms with Gasteiger partial charge in [0.05, 0.1) is 13.0 Å². The van der Waals surface area contributed by atoms with Crippen molar-refractivity contribution in [3.05, 3.63) is 35.8 Å². The van der Waals surface area contributed by atoms with E-state index < -0.39 is 0 Å². The van der Waals surface area contributed by atoms with Gasteiger partial charge in [-0.1, -0.05) is 6.92 Å². The summed E-state index contributed by atoms with van der Waals surface area (Å²) in [7, 11) is 1.39. The Morgan fingerprint density at radius 1 is 1.43 bits per heavy atom. The van der Waals surface area contributed by atoms with Crippen molar-refractivity contribution < 1.29 is 13.9 Å². The highest BCUT2D eigenvalue weighted by Crippen LogP contribution is 2.20. The number of ether oxygens (including phenoxy) is 1. The highest BCUT2D eigenvalue weighted by atomic mass is 19.1. The molecule has 2 atom stereocenters. The predicted molar refractivity (Wildman–Crippen MR) is 80.6 cm³/mol. The molecule has 0 aliphatic carbocycles. The van der Waals surface area contributed by atoms with Crippen molar-refractivity contribution >= 4 is 16.9 Å². The van der Waals surface area contributed by atoms with Crippen molar-refractivity contribution in [2.24, 2.45) is 5.92 Å². The summed E-state index contributed by atoms with van der Waals surface area (Å²) in [5.41, 5.74) is 2.00. The van der Waals surface area contributed by atoms with E-state index in [-0.39, 0.29) is 23.7 Å². The van der Waals surface area contributed by atoms with E-state index in [0.717, 1.165) is 22.9 Å². The Morgan fingerprint density at radius 2 is 2.19 bits per heavy atom. The summed E-state index contributed by atoms with van der Waals surface area (Å²) in [6, 6.07) is 4.91. The van der Waals surface area contributed by atoms with Gasteiger partial charge in [-0.2, -0.15) is 0 Å². The topological polar surface area (TPSA) is 54.1 Å². The Balaban J connectivity index is 1.97. The van der Waals surface area contributed by atoms with Gasteiger partial charge in [0.1, 0.15) is 5.82 Å². The number of carbonyl (C=O) groups is 1. The van der Waals surface area contributed by atoms with Crippen LogP contribution in [0.25, 0.3) is 10.9 Å². The molecule has 2 rings (SSSR count). The molecule has 1 aromatic carbocycles. The van der Waals surface area contributed by atoms with E-state index in [1.54, 1.807) is 12.1 Å². The third kappa shape index (κ3) is 3.82. The van der Waals surface area contributed by atoms with Crippen LogP contribution in [0.15, 0.2) is 24.4 Å². The standard InChI is InChI=1S/C16H21FN2O2/c1-10(16(20)21-3)8-18-11(2)6-12-9-19-15-5-4-13(17)7-14(12)15/h4-5,7,9-11,18-19H,6,8H2,1-3H3. The molecule has 0 fully saturated rings. The van der Waals surface area contributed by atoms with Gasteiger partial charge in [-0.3, -0.25) is 4.79 Å². The minimum absolute atomic E-state index is 0.180. The summed E-state index contributed by atoms with van der Waals surface area (Å²) in [6.07, 6.45) is 2.67. The number of rotatable bonds is 6. The molecule has 4 nitrogen and oxygen atoms in total. The second-order valence-electron chi connectivity index (χ2n) is 5.44. The molecule has 0 radical (unpaired) electrons. The molecule has 0 spiro atoms. The van der Waals surface area contributed by atoms with Crippen LogP contribution in [0.4, 0.5) is 4.39 Å². The molecule has 1 heterocycles. The number of aromatic nitrogens is 1. The second-order valence-corrected chi connectivity index (χ2v) is 5.44. The monoisotopic (exact) mass is 292 g/mol. The lowest BCUT2D eigenvalue weighted by atomic mass is 10.1. The molecule has 0 bridgehead atoms. The van der Waals surface area contributed by atoms with Gasteiger partial charge in [0, 0.05) is 29.7 Å². The summed E-state index contributed by atoms with van der Waals surface area (Å²) >= 11 is 0. The molecular weight excluding hydrogens is 271 g/mol. The van der Waals surface area contributed by atoms with Crippen molar-refractivity contribution in [1.82, 2.24) is 10.3 Å². The maximum absolute atomic E-state index is 13.3. The molecule has 0 aliphatic heterocycles. The summed E-state index contributed by atoms with van der Waals surface area (Å²) in [5, 5.41) is 4.21. The maximum atomic E-state index is 13.3. The van der Waals surface area contributed by atoms with Gasteiger partial charge in [0.25, 0.3) is 0 Å². The van der Waals surface area contributed by atoms with Crippen molar-refractivity contribution in [3.8, 4) is 0 Å². The van der Waals surface area contributed by atoms with Crippen molar-refractivity contribution in [1.29, 1.82) is 0 Å². The van der Waals surface area contributed by atoms with Crippen LogP contribution in [0.5, 0.6) is 0 Å². The Bertz CT molecular complexity index is 624. The van der Waals surface area contributed by atoms with Gasteiger partial charge in [0.15, 0.2) is 0 Å². The van der Waals surface area contributed by atoms with Gasteiger partial charge in [-0.05, 0) is 37.1 Å². The van der Waals surface area contributed by atoms with E-state index in [4.69, 9.17) is 4.74 Å². The van der Waals surface area contributed by atoms with Gasteiger partial charge in [-0.25, -0.2) is 4.39 Å². The first-order valence-electron chi connectivity index (χ1n) is 7.08. The van der Waals surface area contributed by atoms with E-state index in [1.807, 2.05) is 20.0 Å². The van der Waals surface area contributed by atoms with E-state index in [9.17, 15) is 9.18 Å². The quantitative estimate of drug-likeness (QED) is 0.805. The van der Waals surface area contributed by atoms with Crippen molar-refractivity contribution in [3.63, 3.8) is 0 Å². The first-order chi connectivity index (χ1) is 10.0. The number of nitrogens with one attached hydrogen (secondary N) is 2. The molecule has 114 valence electrons. The zero-order chi connectivity index (χ0) is 15.4. The molecule has 0 amide bonds. The fourth-order valence-corrected chi connectivity index (χ4v) is 2.38. The smallest absolute Gasteiger partial charge is 0.309 e. The number of hydrogen-bond donors (Lipinski definition) is 2. The van der Waals surface area contributed by atoms with E-state index >= 15 is 0 Å². The largest absolute Gasteiger partial charge is 0.469 e. The molecular formula is C16H21FN2O2. The van der Waals surface area contributed by atoms with Gasteiger partial charge in [0.2, 0.25) is 0 Å². The zero-order valence-electron chi connectivity index (χ0n) is 12.6. The van der Waals surface area contributed by atoms with Gasteiger partial charge < -0.3 is 15.0 Å². The average Bonchev–Trinajstić information content (AvgIpc) is 2.86. The zero-order valence-corrected chi connectivity index (χ0v) is 12.6. The van der Waals surface area contributed by atoms with E-state index in [0.29, 0.717) is 6.54 Å². The number of methoxy groups -OCH3 is 1. The number of aromatic amines is 1. The number of carbonyl (C=O) groups excluding carboxylic acids is 1. The van der Waals surface area contributed by atoms with Crippen LogP contribution in [0.2, 0.25) is 0 Å². The van der Waals surface area contributed by atoms with Gasteiger partial charge in [-0.15, -0.1) is 0 Å².